The van der Waals surface area contributed by atoms with Crippen molar-refractivity contribution in [1.82, 2.24) is 24.8 Å². The van der Waals surface area contributed by atoms with E-state index in [9.17, 15) is 26.4 Å². The molecule has 2 N–H and O–H groups in total. The van der Waals surface area contributed by atoms with Gasteiger partial charge in [0, 0.05) is 60.9 Å². The second-order valence-electron chi connectivity index (χ2n) is 10.6. The number of hydrogen-bond donors (Lipinski definition) is 2. The summed E-state index contributed by atoms with van der Waals surface area (Å²) in [6, 6.07) is 6.69. The van der Waals surface area contributed by atoms with Gasteiger partial charge in [0.05, 0.1) is 17.5 Å². The van der Waals surface area contributed by atoms with Crippen LogP contribution in [0.15, 0.2) is 42.7 Å². The number of carbonyl (C=O) groups excluding carboxylic acids is 1. The molecule has 5 rings (SSSR count). The first kappa shape index (κ1) is 28.7. The van der Waals surface area contributed by atoms with E-state index in [4.69, 9.17) is 0 Å². The third-order valence-electron chi connectivity index (χ3n) is 7.40. The first-order valence-corrected chi connectivity index (χ1v) is 14.9. The van der Waals surface area contributed by atoms with Crippen molar-refractivity contribution in [3.8, 4) is 0 Å². The van der Waals surface area contributed by atoms with E-state index in [2.05, 4.69) is 29.9 Å². The molecule has 10 nitrogen and oxygen atoms in total. The Bertz CT molecular complexity index is 1580. The van der Waals surface area contributed by atoms with Crippen LogP contribution in [0.5, 0.6) is 0 Å². The quantitative estimate of drug-likeness (QED) is 0.436. The summed E-state index contributed by atoms with van der Waals surface area (Å²) < 4.78 is 64.4. The maximum atomic E-state index is 13.2. The van der Waals surface area contributed by atoms with Crippen molar-refractivity contribution < 1.29 is 26.4 Å². The van der Waals surface area contributed by atoms with Gasteiger partial charge in [0.15, 0.2) is 0 Å². The molecule has 0 bridgehead atoms. The molecule has 2 aliphatic heterocycles. The summed E-state index contributed by atoms with van der Waals surface area (Å²) in [5.41, 5.74) is 2.46. The summed E-state index contributed by atoms with van der Waals surface area (Å²) in [5.74, 6) is 0.239. The Morgan fingerprint density at radius 1 is 1.12 bits per heavy atom. The highest BCUT2D eigenvalue weighted by Crippen LogP contribution is 2.33. The molecular weight excluding hydrogens is 559 g/mol. The first-order chi connectivity index (χ1) is 19.3. The second kappa shape index (κ2) is 10.9. The SMILES string of the molecule is Cc1cc(C(F)(F)F)ccc1Nc1ncc2c(n1)CN([C@@H]1CCN(C(=O)c3ccnc(NS(C)(=O)=O)c3)[C@H](C)C1)C2. The fraction of sp³-hybridized carbons (Fsp3) is 0.407. The average molecular weight is 590 g/mol. The topological polar surface area (TPSA) is 120 Å². The molecule has 218 valence electrons. The van der Waals surface area contributed by atoms with Gasteiger partial charge in [0.1, 0.15) is 5.82 Å². The number of amides is 1. The van der Waals surface area contributed by atoms with E-state index in [0.29, 0.717) is 42.4 Å². The van der Waals surface area contributed by atoms with Gasteiger partial charge in [-0.1, -0.05) is 0 Å². The lowest BCUT2D eigenvalue weighted by Gasteiger charge is -2.41. The van der Waals surface area contributed by atoms with Crippen LogP contribution in [0.1, 0.15) is 52.5 Å². The number of aromatic nitrogens is 3. The number of fused-ring (bicyclic) bond motifs is 1. The number of benzene rings is 1. The van der Waals surface area contributed by atoms with Gasteiger partial charge < -0.3 is 10.2 Å². The zero-order chi connectivity index (χ0) is 29.5. The number of sulfonamides is 1. The molecule has 0 spiro atoms. The number of alkyl halides is 3. The zero-order valence-corrected chi connectivity index (χ0v) is 23.6. The summed E-state index contributed by atoms with van der Waals surface area (Å²) in [6.45, 7) is 5.42. The van der Waals surface area contributed by atoms with Crippen molar-refractivity contribution in [3.05, 3.63) is 70.7 Å². The van der Waals surface area contributed by atoms with Crippen LogP contribution in [0.4, 0.5) is 30.6 Å². The van der Waals surface area contributed by atoms with Gasteiger partial charge in [0.25, 0.3) is 5.91 Å². The second-order valence-corrected chi connectivity index (χ2v) is 12.3. The normalized spacial score (nSPS) is 19.6. The summed E-state index contributed by atoms with van der Waals surface area (Å²) in [7, 11) is -3.52. The summed E-state index contributed by atoms with van der Waals surface area (Å²) in [4.78, 5) is 30.3. The number of pyridine rings is 1. The standard InChI is InChI=1S/C27H30F3N7O3S/c1-16-10-20(27(28,29)30)4-5-22(16)33-26-32-13-19-14-36(15-23(19)34-26)21-7-9-37(17(2)11-21)25(38)18-6-8-31-24(12-18)35-41(3,39)40/h4-6,8,10,12-13,17,21H,7,9,11,14-15H2,1-3H3,(H,31,35)(H,32,33,34)/t17-,21-/m1/s1. The lowest BCUT2D eigenvalue weighted by Crippen LogP contribution is -2.50. The lowest BCUT2D eigenvalue weighted by atomic mass is 9.96. The Labute approximate surface area is 236 Å². The molecule has 1 saturated heterocycles. The highest BCUT2D eigenvalue weighted by molar-refractivity contribution is 7.92. The fourth-order valence-electron chi connectivity index (χ4n) is 5.35. The number of likely N-dealkylation sites (tertiary alicyclic amines) is 1. The Balaban J connectivity index is 1.21. The lowest BCUT2D eigenvalue weighted by molar-refractivity contribution is -0.137. The Morgan fingerprint density at radius 3 is 2.59 bits per heavy atom. The van der Waals surface area contributed by atoms with E-state index in [1.165, 1.54) is 18.3 Å². The number of hydrogen-bond acceptors (Lipinski definition) is 8. The van der Waals surface area contributed by atoms with Gasteiger partial charge in [0.2, 0.25) is 16.0 Å². The number of halogens is 3. The molecule has 1 amide bonds. The molecule has 2 aliphatic rings. The largest absolute Gasteiger partial charge is 0.416 e. The molecule has 3 aromatic rings. The molecule has 4 heterocycles. The molecule has 1 fully saturated rings. The van der Waals surface area contributed by atoms with E-state index in [0.717, 1.165) is 42.5 Å². The number of nitrogens with one attached hydrogen (secondary N) is 2. The maximum absolute atomic E-state index is 13.2. The van der Waals surface area contributed by atoms with Crippen LogP contribution in [-0.4, -0.2) is 64.0 Å². The van der Waals surface area contributed by atoms with Gasteiger partial charge in [-0.05, 0) is 62.6 Å². The van der Waals surface area contributed by atoms with Crippen molar-refractivity contribution in [1.29, 1.82) is 0 Å². The number of carbonyl (C=O) groups is 1. The minimum Gasteiger partial charge on any atom is -0.336 e. The maximum Gasteiger partial charge on any atom is 0.416 e. The minimum absolute atomic E-state index is 0.0459. The van der Waals surface area contributed by atoms with E-state index < -0.39 is 21.8 Å². The molecule has 2 atom stereocenters. The van der Waals surface area contributed by atoms with Gasteiger partial charge in [-0.3, -0.25) is 14.4 Å². The third kappa shape index (κ3) is 6.59. The molecule has 0 unspecified atom stereocenters. The zero-order valence-electron chi connectivity index (χ0n) is 22.7. The average Bonchev–Trinajstić information content (AvgIpc) is 3.31. The Hall–Kier alpha value is -3.78. The van der Waals surface area contributed by atoms with Crippen LogP contribution in [0.2, 0.25) is 0 Å². The molecule has 1 aromatic carbocycles. The third-order valence-corrected chi connectivity index (χ3v) is 7.98. The predicted octanol–water partition coefficient (Wildman–Crippen LogP) is 4.32. The van der Waals surface area contributed by atoms with Gasteiger partial charge >= 0.3 is 6.18 Å². The van der Waals surface area contributed by atoms with Crippen LogP contribution in [0, 0.1) is 6.92 Å². The number of nitrogens with zero attached hydrogens (tertiary/aromatic N) is 5. The summed E-state index contributed by atoms with van der Waals surface area (Å²) in [5, 5.41) is 3.04. The highest BCUT2D eigenvalue weighted by atomic mass is 32.2. The Kier molecular flexibility index (Phi) is 7.64. The van der Waals surface area contributed by atoms with Crippen LogP contribution < -0.4 is 10.0 Å². The number of aryl methyl sites for hydroxylation is 1. The smallest absolute Gasteiger partial charge is 0.336 e. The van der Waals surface area contributed by atoms with E-state index in [-0.39, 0.29) is 23.8 Å². The predicted molar refractivity (Wildman–Crippen MR) is 147 cm³/mol. The van der Waals surface area contributed by atoms with E-state index in [1.807, 2.05) is 6.92 Å². The van der Waals surface area contributed by atoms with Crippen molar-refractivity contribution in [2.45, 2.75) is 58.0 Å². The summed E-state index contributed by atoms with van der Waals surface area (Å²) in [6.07, 6.45) is 1.28. The van der Waals surface area contributed by atoms with Crippen LogP contribution in [0.25, 0.3) is 0 Å². The van der Waals surface area contributed by atoms with Crippen molar-refractivity contribution in [2.24, 2.45) is 0 Å². The van der Waals surface area contributed by atoms with Gasteiger partial charge in [-0.15, -0.1) is 0 Å². The van der Waals surface area contributed by atoms with Crippen molar-refractivity contribution in [3.63, 3.8) is 0 Å². The molecule has 14 heteroatoms. The van der Waals surface area contributed by atoms with E-state index in [1.54, 1.807) is 24.1 Å². The Morgan fingerprint density at radius 2 is 1.90 bits per heavy atom. The molecule has 0 aliphatic carbocycles. The molecule has 0 saturated carbocycles. The van der Waals surface area contributed by atoms with Crippen LogP contribution in [0.3, 0.4) is 0 Å². The monoisotopic (exact) mass is 589 g/mol. The molecule has 0 radical (unpaired) electrons. The number of anilines is 3. The van der Waals surface area contributed by atoms with E-state index >= 15 is 0 Å². The molecule has 41 heavy (non-hydrogen) atoms. The number of piperidine rings is 1. The summed E-state index contributed by atoms with van der Waals surface area (Å²) >= 11 is 0. The van der Waals surface area contributed by atoms with Gasteiger partial charge in [-0.25, -0.2) is 23.4 Å². The van der Waals surface area contributed by atoms with Crippen molar-refractivity contribution >= 4 is 33.4 Å². The molecular formula is C27H30F3N7O3S. The highest BCUT2D eigenvalue weighted by Gasteiger charge is 2.35. The number of rotatable bonds is 6. The fourth-order valence-corrected chi connectivity index (χ4v) is 5.84. The van der Waals surface area contributed by atoms with Crippen LogP contribution in [-0.2, 0) is 29.3 Å². The first-order valence-electron chi connectivity index (χ1n) is 13.1. The van der Waals surface area contributed by atoms with Crippen LogP contribution >= 0.6 is 0 Å². The van der Waals surface area contributed by atoms with Crippen molar-refractivity contribution in [2.75, 3.05) is 22.8 Å². The molecule has 2 aromatic heterocycles. The van der Waals surface area contributed by atoms with Gasteiger partial charge in [-0.2, -0.15) is 13.2 Å². The minimum atomic E-state index is -4.40.